The van der Waals surface area contributed by atoms with Crippen LogP contribution < -0.4 is 16.0 Å². The largest absolute Gasteiger partial charge is 0.478 e. The number of hydrogen-bond acceptors (Lipinski definition) is 8. The molecule has 272 valence electrons. The molecule has 1 amide bonds. The number of aromatic carboxylic acids is 1. The van der Waals surface area contributed by atoms with Crippen LogP contribution in [0.5, 0.6) is 0 Å². The molecule has 1 aliphatic rings. The molecule has 0 aliphatic heterocycles. The highest BCUT2D eigenvalue weighted by molar-refractivity contribution is 5.95. The first kappa shape index (κ1) is 38.2. The van der Waals surface area contributed by atoms with E-state index in [0.717, 1.165) is 44.0 Å². The maximum Gasteiger partial charge on any atom is 0.434 e. The Morgan fingerprint density at radius 2 is 1.27 bits per heavy atom. The minimum Gasteiger partial charge on any atom is -0.478 e. The van der Waals surface area contributed by atoms with E-state index in [-0.39, 0.29) is 5.95 Å². The normalized spacial score (nSPS) is 13.6. The summed E-state index contributed by atoms with van der Waals surface area (Å²) >= 11 is 0. The summed E-state index contributed by atoms with van der Waals surface area (Å²) in [6.45, 7) is 0.375. The molecule has 4 aromatic rings. The molecule has 0 saturated heterocycles. The Balaban J connectivity index is 0.000000229. The van der Waals surface area contributed by atoms with E-state index in [0.29, 0.717) is 30.4 Å². The van der Waals surface area contributed by atoms with Gasteiger partial charge in [-0.15, -0.1) is 0 Å². The van der Waals surface area contributed by atoms with Crippen LogP contribution in [0, 0.1) is 11.7 Å². The van der Waals surface area contributed by atoms with Crippen molar-refractivity contribution in [2.75, 3.05) is 17.2 Å². The summed E-state index contributed by atoms with van der Waals surface area (Å²) in [6.07, 6.45) is -9.54. The lowest BCUT2D eigenvalue weighted by Crippen LogP contribution is -2.31. The molecule has 0 unspecified atom stereocenters. The molecule has 5 rings (SSSR count). The van der Waals surface area contributed by atoms with Gasteiger partial charge in [0.1, 0.15) is 5.56 Å². The topological polar surface area (TPSA) is 142 Å². The predicted molar refractivity (Wildman–Crippen MR) is 160 cm³/mol. The van der Waals surface area contributed by atoms with Gasteiger partial charge in [0, 0.05) is 24.6 Å². The van der Waals surface area contributed by atoms with Crippen molar-refractivity contribution in [3.8, 4) is 0 Å². The fraction of sp³-hybridized carbons (Fsp3) is 0.290. The molecule has 2 aromatic heterocycles. The second kappa shape index (κ2) is 15.5. The van der Waals surface area contributed by atoms with E-state index >= 15 is 0 Å². The lowest BCUT2D eigenvalue weighted by molar-refractivity contribution is -0.142. The zero-order valence-corrected chi connectivity index (χ0v) is 25.7. The number of alkyl halides is 9. The number of nitrogens with one attached hydrogen (secondary N) is 3. The van der Waals surface area contributed by atoms with Crippen molar-refractivity contribution in [2.45, 2.75) is 44.2 Å². The highest BCUT2D eigenvalue weighted by Crippen LogP contribution is 2.36. The molecular weight excluding hydrogens is 708 g/mol. The van der Waals surface area contributed by atoms with Crippen molar-refractivity contribution in [1.82, 2.24) is 25.3 Å². The first-order chi connectivity index (χ1) is 23.8. The number of carboxylic acid groups (broad SMARTS) is 1. The molecule has 0 bridgehead atoms. The van der Waals surface area contributed by atoms with Crippen molar-refractivity contribution < 1.29 is 58.6 Å². The number of carboxylic acids is 1. The smallest absolute Gasteiger partial charge is 0.434 e. The van der Waals surface area contributed by atoms with Crippen LogP contribution in [-0.4, -0.2) is 43.5 Å². The number of anilines is 4. The molecule has 51 heavy (non-hydrogen) atoms. The van der Waals surface area contributed by atoms with Gasteiger partial charge in [0.15, 0.2) is 17.2 Å². The SMILES string of the molecule is O=C(NCC1CCCC1)c1cnc(Nc2ccccc2)nc1C(F)(F)F.O=C(O)c1cnc(Nc2cccc(C(F)(F)F)c2F)nc1C(F)(F)F. The molecule has 0 atom stereocenters. The third-order valence-electron chi connectivity index (χ3n) is 7.20. The summed E-state index contributed by atoms with van der Waals surface area (Å²) in [5.41, 5.74) is -6.81. The number of carbonyl (C=O) groups excluding carboxylic acids is 1. The van der Waals surface area contributed by atoms with Crippen LogP contribution in [0.15, 0.2) is 60.9 Å². The zero-order chi connectivity index (χ0) is 37.6. The Morgan fingerprint density at radius 3 is 1.82 bits per heavy atom. The Morgan fingerprint density at radius 1 is 0.725 bits per heavy atom. The number of rotatable bonds is 8. The third kappa shape index (κ3) is 10.2. The van der Waals surface area contributed by atoms with E-state index in [4.69, 9.17) is 5.11 Å². The van der Waals surface area contributed by atoms with Gasteiger partial charge in [-0.2, -0.15) is 39.5 Å². The zero-order valence-electron chi connectivity index (χ0n) is 25.7. The fourth-order valence-electron chi connectivity index (χ4n) is 4.80. The Hall–Kier alpha value is -5.56. The number of aromatic nitrogens is 4. The first-order valence-electron chi connectivity index (χ1n) is 14.7. The van der Waals surface area contributed by atoms with Gasteiger partial charge in [-0.05, 0) is 43.0 Å². The van der Waals surface area contributed by atoms with E-state index < -0.39 is 75.9 Å². The molecule has 2 heterocycles. The minimum absolute atomic E-state index is 0.212. The number of nitrogens with zero attached hydrogens (tertiary/aromatic N) is 4. The maximum atomic E-state index is 13.8. The van der Waals surface area contributed by atoms with E-state index in [9.17, 15) is 53.5 Å². The number of carbonyl (C=O) groups is 2. The fourth-order valence-corrected chi connectivity index (χ4v) is 4.80. The summed E-state index contributed by atoms with van der Waals surface area (Å²) in [6, 6.07) is 10.7. The predicted octanol–water partition coefficient (Wildman–Crippen LogP) is 8.25. The lowest BCUT2D eigenvalue weighted by atomic mass is 10.1. The first-order valence-corrected chi connectivity index (χ1v) is 14.7. The van der Waals surface area contributed by atoms with Gasteiger partial charge in [0.05, 0.1) is 16.8 Å². The van der Waals surface area contributed by atoms with Crippen molar-refractivity contribution in [2.24, 2.45) is 5.92 Å². The molecule has 2 aromatic carbocycles. The molecule has 1 aliphatic carbocycles. The summed E-state index contributed by atoms with van der Waals surface area (Å²) in [4.78, 5) is 36.6. The van der Waals surface area contributed by atoms with Crippen LogP contribution in [0.3, 0.4) is 0 Å². The standard InChI is InChI=1S/C18H19F3N4O.C13H6F7N3O2/c19-18(20,21)15-14(16(26)22-10-12-6-4-5-7-12)11-23-17(25-15)24-13-8-2-1-3-9-13;14-8-6(12(15,16)17)2-1-3-7(8)22-11-21-4-5(10(24)25)9(23-11)13(18,19)20/h1-3,8-9,11-12H,4-7,10H2,(H,22,26)(H,23,24,25);1-4H,(H,24,25)(H,21,22,23). The van der Waals surface area contributed by atoms with Gasteiger partial charge in [0.2, 0.25) is 11.9 Å². The average molecular weight is 734 g/mol. The van der Waals surface area contributed by atoms with E-state index in [1.54, 1.807) is 30.3 Å². The molecule has 1 saturated carbocycles. The van der Waals surface area contributed by atoms with Gasteiger partial charge in [-0.3, -0.25) is 4.79 Å². The Bertz CT molecular complexity index is 1850. The molecule has 1 fully saturated rings. The van der Waals surface area contributed by atoms with Gasteiger partial charge >= 0.3 is 24.5 Å². The third-order valence-corrected chi connectivity index (χ3v) is 7.20. The molecular formula is C31H25F10N7O3. The summed E-state index contributed by atoms with van der Waals surface area (Å²) in [5, 5.41) is 15.9. The van der Waals surface area contributed by atoms with Crippen molar-refractivity contribution in [1.29, 1.82) is 0 Å². The van der Waals surface area contributed by atoms with E-state index in [1.165, 1.54) is 0 Å². The minimum atomic E-state index is -5.17. The number of benzene rings is 2. The molecule has 20 heteroatoms. The molecule has 4 N–H and O–H groups in total. The van der Waals surface area contributed by atoms with Crippen LogP contribution >= 0.6 is 0 Å². The Kier molecular flexibility index (Phi) is 11.7. The van der Waals surface area contributed by atoms with Crippen molar-refractivity contribution >= 4 is 35.1 Å². The van der Waals surface area contributed by atoms with Crippen LogP contribution in [0.25, 0.3) is 0 Å². The average Bonchev–Trinajstić information content (AvgIpc) is 3.58. The molecule has 0 radical (unpaired) electrons. The Labute approximate surface area is 281 Å². The number of halogens is 10. The highest BCUT2D eigenvalue weighted by atomic mass is 19.4. The van der Waals surface area contributed by atoms with Gasteiger partial charge < -0.3 is 21.1 Å². The quantitative estimate of drug-likeness (QED) is 0.132. The second-order valence-corrected chi connectivity index (χ2v) is 10.9. The lowest BCUT2D eigenvalue weighted by Gasteiger charge is -2.15. The van der Waals surface area contributed by atoms with Crippen LogP contribution in [-0.2, 0) is 18.5 Å². The monoisotopic (exact) mass is 733 g/mol. The van der Waals surface area contributed by atoms with Crippen LogP contribution in [0.1, 0.15) is 63.4 Å². The van der Waals surface area contributed by atoms with Gasteiger partial charge in [-0.1, -0.05) is 37.1 Å². The van der Waals surface area contributed by atoms with Crippen LogP contribution in [0.4, 0.5) is 67.2 Å². The summed E-state index contributed by atoms with van der Waals surface area (Å²) in [5.74, 6) is -5.33. The maximum absolute atomic E-state index is 13.8. The summed E-state index contributed by atoms with van der Waals surface area (Å²) < 4.78 is 130. The molecule has 10 nitrogen and oxygen atoms in total. The number of para-hydroxylation sites is 1. The van der Waals surface area contributed by atoms with Crippen molar-refractivity contribution in [3.63, 3.8) is 0 Å². The summed E-state index contributed by atoms with van der Waals surface area (Å²) in [7, 11) is 0. The van der Waals surface area contributed by atoms with Gasteiger partial charge in [0.25, 0.3) is 5.91 Å². The second-order valence-electron chi connectivity index (χ2n) is 10.9. The van der Waals surface area contributed by atoms with E-state index in [1.807, 2.05) is 5.32 Å². The highest BCUT2D eigenvalue weighted by Gasteiger charge is 2.40. The van der Waals surface area contributed by atoms with Gasteiger partial charge in [-0.25, -0.2) is 29.1 Å². The van der Waals surface area contributed by atoms with Crippen molar-refractivity contribution in [3.05, 3.63) is 94.8 Å². The van der Waals surface area contributed by atoms with E-state index in [2.05, 4.69) is 30.6 Å². The molecule has 0 spiro atoms. The van der Waals surface area contributed by atoms with Crippen LogP contribution in [0.2, 0.25) is 0 Å². The number of amides is 1. The number of hydrogen-bond donors (Lipinski definition) is 4.